The van der Waals surface area contributed by atoms with Gasteiger partial charge in [0.1, 0.15) is 6.04 Å². The highest BCUT2D eigenvalue weighted by Gasteiger charge is 2.37. The predicted molar refractivity (Wildman–Crippen MR) is 134 cm³/mol. The molecule has 0 bridgehead atoms. The van der Waals surface area contributed by atoms with Crippen LogP contribution in [-0.4, -0.2) is 45.2 Å². The van der Waals surface area contributed by atoms with Crippen molar-refractivity contribution in [1.29, 1.82) is 0 Å². The van der Waals surface area contributed by atoms with Crippen LogP contribution in [0.4, 0.5) is 0 Å². The average molecular weight is 496 g/mol. The van der Waals surface area contributed by atoms with Crippen LogP contribution in [0, 0.1) is 19.8 Å². The van der Waals surface area contributed by atoms with Gasteiger partial charge in [0.15, 0.2) is 5.16 Å². The molecular weight excluding hydrogens is 462 g/mol. The lowest BCUT2D eigenvalue weighted by atomic mass is 9.88. The van der Waals surface area contributed by atoms with E-state index in [1.165, 1.54) is 6.42 Å². The molecular formula is C26H33N5O3S. The number of thioether (sulfide) groups is 1. The SMILES string of the molecule is Cc1cc(C)nc(SCc2ccc(C(=O)NNC(=O)C3CCCN3C(=O)C3CCCCC3)cc2)n1. The van der Waals surface area contributed by atoms with Crippen LogP contribution in [0.1, 0.15) is 72.3 Å². The molecule has 1 saturated carbocycles. The zero-order valence-corrected chi connectivity index (χ0v) is 21.2. The van der Waals surface area contributed by atoms with Gasteiger partial charge in [-0.15, -0.1) is 0 Å². The molecule has 2 heterocycles. The van der Waals surface area contributed by atoms with Crippen LogP contribution in [0.15, 0.2) is 35.5 Å². The van der Waals surface area contributed by atoms with Crippen molar-refractivity contribution in [2.24, 2.45) is 5.92 Å². The fraction of sp³-hybridized carbons (Fsp3) is 0.500. The van der Waals surface area contributed by atoms with Crippen LogP contribution in [0.3, 0.4) is 0 Å². The third-order valence-corrected chi connectivity index (χ3v) is 7.56. The standard InChI is InChI=1S/C26H33N5O3S/c1-17-15-18(2)28-26(27-17)35-16-19-10-12-20(13-11-19)23(32)29-30-24(33)22-9-6-14-31(22)25(34)21-7-4-3-5-8-21/h10-13,15,21-22H,3-9,14,16H2,1-2H3,(H,29,32)(H,30,33). The fourth-order valence-electron chi connectivity index (χ4n) is 4.82. The third-order valence-electron chi connectivity index (χ3n) is 6.64. The summed E-state index contributed by atoms with van der Waals surface area (Å²) in [4.78, 5) is 48.8. The van der Waals surface area contributed by atoms with Gasteiger partial charge in [-0.05, 0) is 63.3 Å². The highest BCUT2D eigenvalue weighted by atomic mass is 32.2. The minimum absolute atomic E-state index is 0.0323. The molecule has 3 amide bonds. The van der Waals surface area contributed by atoms with Crippen molar-refractivity contribution in [1.82, 2.24) is 25.7 Å². The molecule has 1 aromatic heterocycles. The van der Waals surface area contributed by atoms with Gasteiger partial charge in [-0.2, -0.15) is 0 Å². The molecule has 8 nitrogen and oxygen atoms in total. The molecule has 9 heteroatoms. The molecule has 0 spiro atoms. The van der Waals surface area contributed by atoms with Crippen molar-refractivity contribution < 1.29 is 14.4 Å². The van der Waals surface area contributed by atoms with Crippen molar-refractivity contribution in [2.75, 3.05) is 6.54 Å². The molecule has 1 atom stereocenters. The van der Waals surface area contributed by atoms with Crippen LogP contribution < -0.4 is 10.9 Å². The summed E-state index contributed by atoms with van der Waals surface area (Å²) in [5, 5.41) is 0.731. The number of amides is 3. The van der Waals surface area contributed by atoms with Gasteiger partial charge in [0.05, 0.1) is 0 Å². The average Bonchev–Trinajstić information content (AvgIpc) is 3.36. The van der Waals surface area contributed by atoms with Crippen LogP contribution in [0.5, 0.6) is 0 Å². The Hall–Kier alpha value is -2.94. The van der Waals surface area contributed by atoms with Crippen LogP contribution in [0.2, 0.25) is 0 Å². The number of carbonyl (C=O) groups is 3. The summed E-state index contributed by atoms with van der Waals surface area (Å²) in [6.45, 7) is 4.50. The maximum Gasteiger partial charge on any atom is 0.269 e. The summed E-state index contributed by atoms with van der Waals surface area (Å²) in [6, 6.07) is 8.65. The second kappa shape index (κ2) is 11.7. The van der Waals surface area contributed by atoms with Crippen LogP contribution >= 0.6 is 11.8 Å². The lowest BCUT2D eigenvalue weighted by Gasteiger charge is -2.30. The van der Waals surface area contributed by atoms with E-state index in [1.54, 1.807) is 28.8 Å². The first kappa shape index (κ1) is 25.2. The van der Waals surface area contributed by atoms with Crippen molar-refractivity contribution >= 4 is 29.5 Å². The summed E-state index contributed by atoms with van der Waals surface area (Å²) in [5.74, 6) is 0.0896. The Morgan fingerprint density at radius 2 is 1.63 bits per heavy atom. The summed E-state index contributed by atoms with van der Waals surface area (Å²) in [6.07, 6.45) is 6.58. The smallest absolute Gasteiger partial charge is 0.269 e. The van der Waals surface area contributed by atoms with E-state index in [9.17, 15) is 14.4 Å². The lowest BCUT2D eigenvalue weighted by Crippen LogP contribution is -2.52. The Kier molecular flexibility index (Phi) is 8.38. The Bertz CT molecular complexity index is 1050. The molecule has 2 N–H and O–H groups in total. The number of hydrogen-bond acceptors (Lipinski definition) is 6. The quantitative estimate of drug-likeness (QED) is 0.360. The Labute approximate surface area is 210 Å². The minimum Gasteiger partial charge on any atom is -0.330 e. The number of nitrogens with zero attached hydrogens (tertiary/aromatic N) is 3. The van der Waals surface area contributed by atoms with Gasteiger partial charge >= 0.3 is 0 Å². The maximum absolute atomic E-state index is 12.9. The molecule has 2 aromatic rings. The summed E-state index contributed by atoms with van der Waals surface area (Å²) >= 11 is 1.55. The van der Waals surface area contributed by atoms with Gasteiger partial charge in [-0.3, -0.25) is 25.2 Å². The number of carbonyl (C=O) groups excluding carboxylic acids is 3. The van der Waals surface area contributed by atoms with Crippen molar-refractivity contribution in [2.45, 2.75) is 75.7 Å². The first-order valence-corrected chi connectivity index (χ1v) is 13.3. The van der Waals surface area contributed by atoms with Gasteiger partial charge in [-0.25, -0.2) is 9.97 Å². The Morgan fingerprint density at radius 3 is 2.31 bits per heavy atom. The first-order valence-electron chi connectivity index (χ1n) is 12.4. The molecule has 1 aliphatic carbocycles. The van der Waals surface area contributed by atoms with E-state index in [-0.39, 0.29) is 17.7 Å². The van der Waals surface area contributed by atoms with E-state index in [2.05, 4.69) is 20.8 Å². The highest BCUT2D eigenvalue weighted by molar-refractivity contribution is 7.98. The molecule has 1 aliphatic heterocycles. The number of likely N-dealkylation sites (tertiary alicyclic amines) is 1. The van der Waals surface area contributed by atoms with E-state index >= 15 is 0 Å². The van der Waals surface area contributed by atoms with Gasteiger partial charge in [0.25, 0.3) is 11.8 Å². The Morgan fingerprint density at radius 1 is 0.943 bits per heavy atom. The maximum atomic E-state index is 12.9. The molecule has 1 saturated heterocycles. The summed E-state index contributed by atoms with van der Waals surface area (Å²) in [7, 11) is 0. The second-order valence-electron chi connectivity index (χ2n) is 9.39. The van der Waals surface area contributed by atoms with E-state index in [0.29, 0.717) is 24.3 Å². The molecule has 1 aromatic carbocycles. The largest absolute Gasteiger partial charge is 0.330 e. The monoisotopic (exact) mass is 495 g/mol. The number of rotatable bonds is 6. The summed E-state index contributed by atoms with van der Waals surface area (Å²) < 4.78 is 0. The second-order valence-corrected chi connectivity index (χ2v) is 10.3. The summed E-state index contributed by atoms with van der Waals surface area (Å²) in [5.41, 5.74) is 8.40. The van der Waals surface area contributed by atoms with Gasteiger partial charge in [-0.1, -0.05) is 43.2 Å². The number of nitrogens with one attached hydrogen (secondary N) is 2. The fourth-order valence-corrected chi connectivity index (χ4v) is 5.72. The number of hydrogen-bond donors (Lipinski definition) is 2. The van der Waals surface area contributed by atoms with Gasteiger partial charge in [0, 0.05) is 35.2 Å². The third kappa shape index (κ3) is 6.60. The zero-order chi connectivity index (χ0) is 24.8. The molecule has 35 heavy (non-hydrogen) atoms. The van der Waals surface area contributed by atoms with Gasteiger partial charge < -0.3 is 4.90 Å². The van der Waals surface area contributed by atoms with Gasteiger partial charge in [0.2, 0.25) is 5.91 Å². The topological polar surface area (TPSA) is 104 Å². The van der Waals surface area contributed by atoms with E-state index in [4.69, 9.17) is 0 Å². The van der Waals surface area contributed by atoms with Crippen LogP contribution in [0.25, 0.3) is 0 Å². The van der Waals surface area contributed by atoms with Crippen molar-refractivity contribution in [3.05, 3.63) is 52.8 Å². The van der Waals surface area contributed by atoms with E-state index in [0.717, 1.165) is 54.2 Å². The lowest BCUT2D eigenvalue weighted by molar-refractivity contribution is -0.142. The highest BCUT2D eigenvalue weighted by Crippen LogP contribution is 2.29. The molecule has 2 aliphatic rings. The zero-order valence-electron chi connectivity index (χ0n) is 20.4. The van der Waals surface area contributed by atoms with Crippen molar-refractivity contribution in [3.8, 4) is 0 Å². The number of aromatic nitrogens is 2. The molecule has 186 valence electrons. The Balaban J connectivity index is 1.26. The van der Waals surface area contributed by atoms with Crippen LogP contribution in [-0.2, 0) is 15.3 Å². The molecule has 4 rings (SSSR count). The van der Waals surface area contributed by atoms with Crippen molar-refractivity contribution in [3.63, 3.8) is 0 Å². The minimum atomic E-state index is -0.517. The van der Waals surface area contributed by atoms with E-state index < -0.39 is 11.9 Å². The number of aryl methyl sites for hydroxylation is 2. The molecule has 0 radical (unpaired) electrons. The molecule has 2 fully saturated rings. The first-order chi connectivity index (χ1) is 16.9. The number of benzene rings is 1. The number of hydrazine groups is 1. The van der Waals surface area contributed by atoms with E-state index in [1.807, 2.05) is 32.0 Å². The molecule has 1 unspecified atom stereocenters. The normalized spacial score (nSPS) is 18.3. The predicted octanol–water partition coefficient (Wildman–Crippen LogP) is 3.72.